The van der Waals surface area contributed by atoms with Crippen LogP contribution in [0.1, 0.15) is 22.5 Å². The molecule has 0 unspecified atom stereocenters. The van der Waals surface area contributed by atoms with Crippen molar-refractivity contribution in [1.29, 1.82) is 0 Å². The number of halogens is 3. The summed E-state index contributed by atoms with van der Waals surface area (Å²) in [5, 5.41) is 0. The van der Waals surface area contributed by atoms with Crippen molar-refractivity contribution in [3.05, 3.63) is 29.6 Å². The van der Waals surface area contributed by atoms with Gasteiger partial charge in [-0.05, 0) is 18.7 Å². The molecule has 3 nitrogen and oxygen atoms in total. The fraction of sp³-hybridized carbons (Fsp3) is 0.333. The first-order valence-corrected chi connectivity index (χ1v) is 4.22. The summed E-state index contributed by atoms with van der Waals surface area (Å²) < 4.78 is 37.3. The van der Waals surface area contributed by atoms with Gasteiger partial charge in [0, 0.05) is 12.6 Å². The van der Waals surface area contributed by atoms with E-state index in [0.717, 1.165) is 18.3 Å². The lowest BCUT2D eigenvalue weighted by Crippen LogP contribution is -2.17. The Bertz CT molecular complexity index is 363. The molecule has 0 spiro atoms. The largest absolute Gasteiger partial charge is 0.418 e. The molecule has 0 saturated carbocycles. The summed E-state index contributed by atoms with van der Waals surface area (Å²) in [5.41, 5.74) is 3.53. The maximum absolute atomic E-state index is 12.4. The first kappa shape index (κ1) is 11.6. The Morgan fingerprint density at radius 1 is 1.47 bits per heavy atom. The van der Waals surface area contributed by atoms with E-state index >= 15 is 0 Å². The summed E-state index contributed by atoms with van der Waals surface area (Å²) in [5.74, 6) is -0.689. The Labute approximate surface area is 84.1 Å². The van der Waals surface area contributed by atoms with E-state index in [2.05, 4.69) is 4.98 Å². The van der Waals surface area contributed by atoms with Crippen LogP contribution in [0.3, 0.4) is 0 Å². The third kappa shape index (κ3) is 2.76. The summed E-state index contributed by atoms with van der Waals surface area (Å²) in [6.45, 7) is 0.00665. The van der Waals surface area contributed by atoms with Crippen LogP contribution in [0, 0.1) is 0 Å². The van der Waals surface area contributed by atoms with E-state index in [1.54, 1.807) is 0 Å². The Morgan fingerprint density at radius 3 is 2.67 bits per heavy atom. The number of rotatable bonds is 3. The first-order valence-electron chi connectivity index (χ1n) is 4.22. The van der Waals surface area contributed by atoms with Gasteiger partial charge in [-0.25, -0.2) is 0 Å². The molecule has 0 amide bonds. The van der Waals surface area contributed by atoms with E-state index in [-0.39, 0.29) is 13.0 Å². The molecule has 15 heavy (non-hydrogen) atoms. The van der Waals surface area contributed by atoms with Crippen LogP contribution < -0.4 is 5.73 Å². The van der Waals surface area contributed by atoms with Crippen molar-refractivity contribution in [3.63, 3.8) is 0 Å². The highest BCUT2D eigenvalue weighted by Gasteiger charge is 2.35. The molecule has 0 saturated heterocycles. The van der Waals surface area contributed by atoms with Crippen LogP contribution in [0.2, 0.25) is 0 Å². The molecule has 0 aliphatic heterocycles. The van der Waals surface area contributed by atoms with E-state index in [9.17, 15) is 18.0 Å². The highest BCUT2D eigenvalue weighted by atomic mass is 19.4. The van der Waals surface area contributed by atoms with E-state index in [1.165, 1.54) is 0 Å². The van der Waals surface area contributed by atoms with Crippen molar-refractivity contribution in [3.8, 4) is 0 Å². The molecule has 1 heterocycles. The van der Waals surface area contributed by atoms with E-state index in [0.29, 0.717) is 0 Å². The maximum atomic E-state index is 12.4. The first-order chi connectivity index (χ1) is 6.96. The molecule has 0 atom stereocenters. The lowest BCUT2D eigenvalue weighted by molar-refractivity contribution is -0.138. The molecule has 2 N–H and O–H groups in total. The zero-order valence-corrected chi connectivity index (χ0v) is 7.71. The summed E-state index contributed by atoms with van der Waals surface area (Å²) in [6, 6.07) is 1.97. The molecule has 82 valence electrons. The van der Waals surface area contributed by atoms with Crippen molar-refractivity contribution in [2.45, 2.75) is 12.6 Å². The molecule has 0 aliphatic rings. The van der Waals surface area contributed by atoms with E-state index < -0.39 is 23.2 Å². The van der Waals surface area contributed by atoms with Gasteiger partial charge < -0.3 is 5.73 Å². The third-order valence-electron chi connectivity index (χ3n) is 1.75. The molecule has 0 fully saturated rings. The minimum atomic E-state index is -4.56. The summed E-state index contributed by atoms with van der Waals surface area (Å²) >= 11 is 0. The number of ketones is 1. The Hall–Kier alpha value is -1.43. The van der Waals surface area contributed by atoms with Gasteiger partial charge in [-0.15, -0.1) is 0 Å². The van der Waals surface area contributed by atoms with Crippen LogP contribution in [0.25, 0.3) is 0 Å². The maximum Gasteiger partial charge on any atom is 0.418 e. The molecule has 0 aromatic carbocycles. The minimum absolute atomic E-state index is 0.00665. The molecule has 1 rings (SSSR count). The van der Waals surface area contributed by atoms with Gasteiger partial charge in [-0.2, -0.15) is 13.2 Å². The van der Waals surface area contributed by atoms with Crippen molar-refractivity contribution < 1.29 is 18.0 Å². The van der Waals surface area contributed by atoms with Crippen molar-refractivity contribution >= 4 is 5.78 Å². The van der Waals surface area contributed by atoms with Crippen LogP contribution in [-0.4, -0.2) is 17.3 Å². The fourth-order valence-electron chi connectivity index (χ4n) is 1.11. The molecule has 1 aromatic rings. The van der Waals surface area contributed by atoms with Gasteiger partial charge in [0.05, 0.1) is 5.56 Å². The molecular formula is C9H9F3N2O. The lowest BCUT2D eigenvalue weighted by Gasteiger charge is -2.09. The molecule has 0 bridgehead atoms. The molecule has 0 aliphatic carbocycles. The van der Waals surface area contributed by atoms with Gasteiger partial charge in [0.25, 0.3) is 0 Å². The van der Waals surface area contributed by atoms with Gasteiger partial charge in [-0.3, -0.25) is 9.78 Å². The average Bonchev–Trinajstić information content (AvgIpc) is 2.17. The van der Waals surface area contributed by atoms with Crippen LogP contribution in [-0.2, 0) is 6.18 Å². The monoisotopic (exact) mass is 218 g/mol. The quantitative estimate of drug-likeness (QED) is 0.784. The van der Waals surface area contributed by atoms with Crippen molar-refractivity contribution in [2.24, 2.45) is 5.73 Å². The second-order valence-corrected chi connectivity index (χ2v) is 2.86. The number of aromatic nitrogens is 1. The Morgan fingerprint density at radius 2 is 2.13 bits per heavy atom. The predicted molar refractivity (Wildman–Crippen MR) is 47.2 cm³/mol. The number of carbonyl (C=O) groups is 1. The number of nitrogens with zero attached hydrogens (tertiary/aromatic N) is 1. The third-order valence-corrected chi connectivity index (χ3v) is 1.75. The van der Waals surface area contributed by atoms with Gasteiger partial charge in [0.2, 0.25) is 0 Å². The van der Waals surface area contributed by atoms with E-state index in [1.807, 2.05) is 0 Å². The summed E-state index contributed by atoms with van der Waals surface area (Å²) in [7, 11) is 0. The molecule has 0 radical (unpaired) electrons. The molecule has 6 heteroatoms. The average molecular weight is 218 g/mol. The number of pyridine rings is 1. The zero-order valence-electron chi connectivity index (χ0n) is 7.71. The van der Waals surface area contributed by atoms with Crippen molar-refractivity contribution in [1.82, 2.24) is 4.98 Å². The highest BCUT2D eigenvalue weighted by Crippen LogP contribution is 2.31. The second-order valence-electron chi connectivity index (χ2n) is 2.86. The molecular weight excluding hydrogens is 209 g/mol. The Balaban J connectivity index is 3.12. The lowest BCUT2D eigenvalue weighted by atomic mass is 10.1. The van der Waals surface area contributed by atoms with Gasteiger partial charge in [0.1, 0.15) is 5.69 Å². The number of alkyl halides is 3. The fourth-order valence-corrected chi connectivity index (χ4v) is 1.11. The van der Waals surface area contributed by atoms with Crippen molar-refractivity contribution in [2.75, 3.05) is 6.54 Å². The molecule has 1 aromatic heterocycles. The number of hydrogen-bond donors (Lipinski definition) is 1. The number of hydrogen-bond acceptors (Lipinski definition) is 3. The normalized spacial score (nSPS) is 11.5. The van der Waals surface area contributed by atoms with Crippen LogP contribution >= 0.6 is 0 Å². The van der Waals surface area contributed by atoms with Gasteiger partial charge >= 0.3 is 6.18 Å². The second kappa shape index (κ2) is 4.39. The van der Waals surface area contributed by atoms with Crippen LogP contribution in [0.5, 0.6) is 0 Å². The Kier molecular flexibility index (Phi) is 3.41. The standard InChI is InChI=1S/C9H9F3N2O/c10-9(11,12)6-2-1-5-14-8(6)7(15)3-4-13/h1-2,5H,3-4,13H2. The SMILES string of the molecule is NCCC(=O)c1ncccc1C(F)(F)F. The van der Waals surface area contributed by atoms with E-state index in [4.69, 9.17) is 5.73 Å². The summed E-state index contributed by atoms with van der Waals surface area (Å²) in [6.07, 6.45) is -3.55. The summed E-state index contributed by atoms with van der Waals surface area (Å²) in [4.78, 5) is 14.7. The predicted octanol–water partition coefficient (Wildman–Crippen LogP) is 1.63. The van der Waals surface area contributed by atoms with Gasteiger partial charge in [-0.1, -0.05) is 0 Å². The number of nitrogens with two attached hydrogens (primary N) is 1. The minimum Gasteiger partial charge on any atom is -0.330 e. The topological polar surface area (TPSA) is 56.0 Å². The number of carbonyl (C=O) groups excluding carboxylic acids is 1. The highest BCUT2D eigenvalue weighted by molar-refractivity contribution is 5.95. The van der Waals surface area contributed by atoms with Crippen LogP contribution in [0.4, 0.5) is 13.2 Å². The van der Waals surface area contributed by atoms with Crippen LogP contribution in [0.15, 0.2) is 18.3 Å². The zero-order chi connectivity index (χ0) is 11.5. The van der Waals surface area contributed by atoms with Gasteiger partial charge in [0.15, 0.2) is 5.78 Å². The smallest absolute Gasteiger partial charge is 0.330 e. The number of Topliss-reactive ketones (excluding diaryl/α,β-unsaturated/α-hetero) is 1.